The maximum absolute atomic E-state index is 12.3. The van der Waals surface area contributed by atoms with Gasteiger partial charge in [0.25, 0.3) is 5.91 Å². The summed E-state index contributed by atoms with van der Waals surface area (Å²) in [6.07, 6.45) is 0. The highest BCUT2D eigenvalue weighted by Gasteiger charge is 2.11. The molecule has 0 atom stereocenters. The number of nitrogens with zero attached hydrogens (tertiary/aromatic N) is 2. The van der Waals surface area contributed by atoms with Crippen LogP contribution in [0, 0.1) is 0 Å². The molecule has 0 aliphatic rings. The quantitative estimate of drug-likeness (QED) is 0.345. The predicted molar refractivity (Wildman–Crippen MR) is 104 cm³/mol. The maximum Gasteiger partial charge on any atom is 0.345 e. The molecule has 1 N–H and O–H groups in total. The molecule has 0 aliphatic heterocycles. The summed E-state index contributed by atoms with van der Waals surface area (Å²) in [6.45, 7) is 1.63. The molecule has 2 aromatic carbocycles. The highest BCUT2D eigenvalue weighted by Crippen LogP contribution is 2.13. The molecule has 0 aliphatic carbocycles. The van der Waals surface area contributed by atoms with Crippen LogP contribution in [-0.4, -0.2) is 16.6 Å². The van der Waals surface area contributed by atoms with E-state index in [1.807, 2.05) is 42.5 Å². The zero-order chi connectivity index (χ0) is 18.8. The van der Waals surface area contributed by atoms with E-state index in [4.69, 9.17) is 4.42 Å². The third-order valence-corrected chi connectivity index (χ3v) is 4.19. The first kappa shape index (κ1) is 16.7. The van der Waals surface area contributed by atoms with Crippen molar-refractivity contribution in [3.8, 4) is 0 Å². The second-order valence-electron chi connectivity index (χ2n) is 6.01. The largest absolute Gasteiger partial charge is 0.422 e. The Morgan fingerprint density at radius 1 is 1.00 bits per heavy atom. The van der Waals surface area contributed by atoms with Gasteiger partial charge in [0.2, 0.25) is 0 Å². The van der Waals surface area contributed by atoms with Crippen LogP contribution in [-0.2, 0) is 0 Å². The molecule has 0 bridgehead atoms. The molecule has 0 spiro atoms. The number of hydrazone groups is 1. The van der Waals surface area contributed by atoms with Crippen molar-refractivity contribution < 1.29 is 9.21 Å². The molecule has 0 radical (unpaired) electrons. The molecule has 0 saturated carbocycles. The van der Waals surface area contributed by atoms with Gasteiger partial charge in [-0.2, -0.15) is 5.10 Å². The summed E-state index contributed by atoms with van der Waals surface area (Å²) in [5.74, 6) is -0.453. The highest BCUT2D eigenvalue weighted by atomic mass is 16.4. The van der Waals surface area contributed by atoms with Crippen molar-refractivity contribution in [2.45, 2.75) is 6.92 Å². The van der Waals surface area contributed by atoms with Crippen LogP contribution in [0.25, 0.3) is 21.9 Å². The number of carbonyl (C=O) groups excluding carboxylic acids is 1. The number of fused-ring (bicyclic) bond motifs is 2. The van der Waals surface area contributed by atoms with E-state index < -0.39 is 11.5 Å². The molecular formula is C21H15N3O3. The molecular weight excluding hydrogens is 342 g/mol. The Hall–Kier alpha value is -3.80. The molecule has 4 rings (SSSR count). The van der Waals surface area contributed by atoms with Gasteiger partial charge in [-0.15, -0.1) is 0 Å². The van der Waals surface area contributed by atoms with Crippen LogP contribution >= 0.6 is 0 Å². The van der Waals surface area contributed by atoms with Gasteiger partial charge in [0.1, 0.15) is 11.3 Å². The zero-order valence-corrected chi connectivity index (χ0v) is 14.5. The van der Waals surface area contributed by atoms with Crippen molar-refractivity contribution in [3.63, 3.8) is 0 Å². The van der Waals surface area contributed by atoms with E-state index in [1.165, 1.54) is 0 Å². The number of rotatable bonds is 3. The first-order valence-corrected chi connectivity index (χ1v) is 8.35. The van der Waals surface area contributed by atoms with Gasteiger partial charge >= 0.3 is 5.63 Å². The van der Waals surface area contributed by atoms with Gasteiger partial charge < -0.3 is 4.42 Å². The summed E-state index contributed by atoms with van der Waals surface area (Å²) in [6, 6.07) is 19.9. The van der Waals surface area contributed by atoms with Crippen LogP contribution in [0.1, 0.15) is 23.0 Å². The molecule has 0 unspecified atom stereocenters. The topological polar surface area (TPSA) is 84.6 Å². The normalized spacial score (nSPS) is 11.7. The van der Waals surface area contributed by atoms with E-state index in [2.05, 4.69) is 15.5 Å². The van der Waals surface area contributed by atoms with Gasteiger partial charge in [-0.25, -0.2) is 15.2 Å². The summed E-state index contributed by atoms with van der Waals surface area (Å²) < 4.78 is 5.29. The second kappa shape index (κ2) is 6.84. The van der Waals surface area contributed by atoms with E-state index >= 15 is 0 Å². The van der Waals surface area contributed by atoms with Gasteiger partial charge in [0.15, 0.2) is 0 Å². The van der Waals surface area contributed by atoms with Gasteiger partial charge in [-0.1, -0.05) is 42.5 Å². The Bertz CT molecular complexity index is 1260. The average molecular weight is 357 g/mol. The molecule has 2 heterocycles. The standard InChI is InChI=1S/C21H15N3O3/c1-13(16-12-15-7-3-5-9-19(15)27-21(16)26)23-24-20(25)18-11-10-14-6-2-4-8-17(14)22-18/h2-12H,1H3,(H,24,25). The fraction of sp³-hybridized carbons (Fsp3) is 0.0476. The molecule has 4 aromatic rings. The summed E-state index contributed by atoms with van der Waals surface area (Å²) in [7, 11) is 0. The van der Waals surface area contributed by atoms with E-state index in [9.17, 15) is 9.59 Å². The molecule has 6 heteroatoms. The summed E-state index contributed by atoms with van der Waals surface area (Å²) >= 11 is 0. The average Bonchev–Trinajstić information content (AvgIpc) is 2.70. The SMILES string of the molecule is CC(=NNC(=O)c1ccc2ccccc2n1)c1cc2ccccc2oc1=O. The van der Waals surface area contributed by atoms with Crippen LogP contribution in [0.3, 0.4) is 0 Å². The van der Waals surface area contributed by atoms with Crippen LogP contribution < -0.4 is 11.1 Å². The smallest absolute Gasteiger partial charge is 0.345 e. The zero-order valence-electron chi connectivity index (χ0n) is 14.5. The van der Waals surface area contributed by atoms with E-state index in [1.54, 1.807) is 31.2 Å². The second-order valence-corrected chi connectivity index (χ2v) is 6.01. The van der Waals surface area contributed by atoms with Gasteiger partial charge in [0.05, 0.1) is 16.8 Å². The number of para-hydroxylation sites is 2. The Kier molecular flexibility index (Phi) is 4.22. The lowest BCUT2D eigenvalue weighted by Crippen LogP contribution is -2.22. The van der Waals surface area contributed by atoms with Crippen LogP contribution in [0.2, 0.25) is 0 Å². The summed E-state index contributed by atoms with van der Waals surface area (Å²) in [5, 5.41) is 5.76. The Morgan fingerprint density at radius 2 is 1.74 bits per heavy atom. The highest BCUT2D eigenvalue weighted by molar-refractivity contribution is 6.02. The van der Waals surface area contributed by atoms with Crippen molar-refractivity contribution in [3.05, 3.63) is 88.4 Å². The first-order chi connectivity index (χ1) is 13.1. The lowest BCUT2D eigenvalue weighted by Gasteiger charge is -2.04. The molecule has 1 amide bonds. The minimum absolute atomic E-state index is 0.246. The Balaban J connectivity index is 1.60. The van der Waals surface area contributed by atoms with Crippen molar-refractivity contribution in [1.82, 2.24) is 10.4 Å². The van der Waals surface area contributed by atoms with Crippen molar-refractivity contribution >= 4 is 33.5 Å². The van der Waals surface area contributed by atoms with Crippen molar-refractivity contribution in [1.29, 1.82) is 0 Å². The Morgan fingerprint density at radius 3 is 2.59 bits per heavy atom. The molecule has 0 saturated heterocycles. The summed E-state index contributed by atoms with van der Waals surface area (Å²) in [4.78, 5) is 28.8. The minimum atomic E-state index is -0.506. The number of benzene rings is 2. The number of hydrogen-bond acceptors (Lipinski definition) is 5. The van der Waals surface area contributed by atoms with Crippen molar-refractivity contribution in [2.24, 2.45) is 5.10 Å². The number of amides is 1. The van der Waals surface area contributed by atoms with E-state index in [0.29, 0.717) is 16.9 Å². The summed E-state index contributed by atoms with van der Waals surface area (Å²) in [5.41, 5.74) is 4.05. The number of nitrogens with one attached hydrogen (secondary N) is 1. The monoisotopic (exact) mass is 357 g/mol. The lowest BCUT2D eigenvalue weighted by molar-refractivity contribution is 0.0950. The van der Waals surface area contributed by atoms with Gasteiger partial charge in [-0.3, -0.25) is 4.79 Å². The Labute approximate surface area is 154 Å². The van der Waals surface area contributed by atoms with Crippen molar-refractivity contribution in [2.75, 3.05) is 0 Å². The third-order valence-electron chi connectivity index (χ3n) is 4.19. The van der Waals surface area contributed by atoms with E-state index in [-0.39, 0.29) is 5.69 Å². The molecule has 2 aromatic heterocycles. The minimum Gasteiger partial charge on any atom is -0.422 e. The number of pyridine rings is 1. The molecule has 132 valence electrons. The number of hydrogen-bond donors (Lipinski definition) is 1. The lowest BCUT2D eigenvalue weighted by atomic mass is 10.1. The molecule has 0 fully saturated rings. The van der Waals surface area contributed by atoms with E-state index in [0.717, 1.165) is 16.3 Å². The third kappa shape index (κ3) is 3.32. The fourth-order valence-electron chi connectivity index (χ4n) is 2.76. The van der Waals surface area contributed by atoms with Crippen LogP contribution in [0.4, 0.5) is 0 Å². The van der Waals surface area contributed by atoms with Crippen LogP contribution in [0.5, 0.6) is 0 Å². The maximum atomic E-state index is 12.3. The first-order valence-electron chi connectivity index (χ1n) is 8.35. The number of carbonyl (C=O) groups is 1. The molecule has 6 nitrogen and oxygen atoms in total. The molecule has 27 heavy (non-hydrogen) atoms. The predicted octanol–water partition coefficient (Wildman–Crippen LogP) is 3.50. The van der Waals surface area contributed by atoms with Gasteiger partial charge in [0, 0.05) is 10.8 Å². The fourth-order valence-corrected chi connectivity index (χ4v) is 2.76. The number of aromatic nitrogens is 1. The van der Waals surface area contributed by atoms with Gasteiger partial charge in [-0.05, 0) is 31.2 Å². The van der Waals surface area contributed by atoms with Crippen LogP contribution in [0.15, 0.2) is 81.0 Å².